The molecule has 9 nitrogen and oxygen atoms in total. The van der Waals surface area contributed by atoms with E-state index in [4.69, 9.17) is 24.5 Å². The Kier molecular flexibility index (Phi) is 8.61. The van der Waals surface area contributed by atoms with Gasteiger partial charge < -0.3 is 19.9 Å². The van der Waals surface area contributed by atoms with E-state index in [1.807, 2.05) is 51.1 Å². The summed E-state index contributed by atoms with van der Waals surface area (Å²) in [5, 5.41) is 15.1. The first-order chi connectivity index (χ1) is 24.5. The van der Waals surface area contributed by atoms with Crippen molar-refractivity contribution in [3.05, 3.63) is 139 Å². The van der Waals surface area contributed by atoms with Crippen molar-refractivity contribution in [2.45, 2.75) is 67.2 Å². The summed E-state index contributed by atoms with van der Waals surface area (Å²) in [4.78, 5) is 41.9. The van der Waals surface area contributed by atoms with Crippen LogP contribution in [-0.4, -0.2) is 41.3 Å². The zero-order valence-corrected chi connectivity index (χ0v) is 30.2. The third-order valence-corrected chi connectivity index (χ3v) is 10.8. The smallest absolute Gasteiger partial charge is 0.343 e. The SMILES string of the molecule is C=CC1=C(C)C2=NC1=CC1=NC(=CC3=C(C)C4=C(O)CC(=C5NC(=C2OC(=O)c2ccccc2C)[C@@H](C)[C@@H]5CCC(=O)OC)C4=N3)C(CC)=C1C. The maximum absolute atomic E-state index is 14.0. The van der Waals surface area contributed by atoms with E-state index in [-0.39, 0.29) is 36.4 Å². The van der Waals surface area contributed by atoms with Gasteiger partial charge in [-0.25, -0.2) is 19.8 Å². The van der Waals surface area contributed by atoms with Gasteiger partial charge >= 0.3 is 11.9 Å². The van der Waals surface area contributed by atoms with Crippen LogP contribution in [0.3, 0.4) is 0 Å². The Morgan fingerprint density at radius 2 is 1.76 bits per heavy atom. The van der Waals surface area contributed by atoms with E-state index in [1.165, 1.54) is 7.11 Å². The molecule has 2 atom stereocenters. The van der Waals surface area contributed by atoms with Gasteiger partial charge in [0.15, 0.2) is 5.76 Å². The summed E-state index contributed by atoms with van der Waals surface area (Å²) in [5.74, 6) is -0.739. The van der Waals surface area contributed by atoms with Crippen molar-refractivity contribution < 1.29 is 24.2 Å². The van der Waals surface area contributed by atoms with E-state index >= 15 is 0 Å². The first-order valence-electron chi connectivity index (χ1n) is 17.4. The Bertz CT molecular complexity index is 2210. The first kappa shape index (κ1) is 33.9. The lowest BCUT2D eigenvalue weighted by Gasteiger charge is -2.18. The maximum atomic E-state index is 14.0. The van der Waals surface area contributed by atoms with Gasteiger partial charge in [-0.1, -0.05) is 44.7 Å². The summed E-state index contributed by atoms with van der Waals surface area (Å²) in [6.45, 7) is 16.2. The minimum Gasteiger partial charge on any atom is -0.511 e. The molecule has 8 bridgehead atoms. The van der Waals surface area contributed by atoms with Crippen LogP contribution in [0.5, 0.6) is 0 Å². The number of aryl methyl sites for hydroxylation is 1. The average Bonchev–Trinajstić information content (AvgIpc) is 3.87. The summed E-state index contributed by atoms with van der Waals surface area (Å²) in [6, 6.07) is 7.32. The van der Waals surface area contributed by atoms with Crippen LogP contribution in [-0.2, 0) is 14.3 Å². The van der Waals surface area contributed by atoms with Gasteiger partial charge in [-0.2, -0.15) is 0 Å². The fourth-order valence-corrected chi connectivity index (χ4v) is 7.92. The molecular formula is C42H42N4O5. The van der Waals surface area contributed by atoms with Crippen LogP contribution in [0, 0.1) is 18.8 Å². The molecular weight excluding hydrogens is 640 g/mol. The molecule has 0 amide bonds. The molecule has 1 fully saturated rings. The maximum Gasteiger partial charge on any atom is 0.343 e. The summed E-state index contributed by atoms with van der Waals surface area (Å²) >= 11 is 0. The van der Waals surface area contributed by atoms with Crippen LogP contribution < -0.4 is 5.32 Å². The fraction of sp³-hybridized carbons (Fsp3) is 0.310. The van der Waals surface area contributed by atoms with Crippen molar-refractivity contribution in [1.82, 2.24) is 5.32 Å². The van der Waals surface area contributed by atoms with Crippen molar-refractivity contribution in [3.63, 3.8) is 0 Å². The number of hydrogen-bond donors (Lipinski definition) is 2. The van der Waals surface area contributed by atoms with E-state index in [2.05, 4.69) is 32.7 Å². The molecule has 7 rings (SSSR count). The Labute approximate surface area is 298 Å². The topological polar surface area (TPSA) is 122 Å². The molecule has 0 spiro atoms. The number of aliphatic hydroxyl groups is 1. The molecule has 51 heavy (non-hydrogen) atoms. The molecule has 1 aliphatic carbocycles. The lowest BCUT2D eigenvalue weighted by Crippen LogP contribution is -2.21. The molecule has 9 heteroatoms. The van der Waals surface area contributed by atoms with Crippen molar-refractivity contribution in [2.75, 3.05) is 7.11 Å². The van der Waals surface area contributed by atoms with Gasteiger partial charge in [-0.15, -0.1) is 0 Å². The van der Waals surface area contributed by atoms with Crippen molar-refractivity contribution >= 4 is 29.1 Å². The number of esters is 2. The van der Waals surface area contributed by atoms with Crippen molar-refractivity contribution in [2.24, 2.45) is 26.8 Å². The molecule has 0 radical (unpaired) electrons. The van der Waals surface area contributed by atoms with Crippen LogP contribution in [0.15, 0.2) is 143 Å². The molecule has 0 unspecified atom stereocenters. The van der Waals surface area contributed by atoms with Crippen molar-refractivity contribution in [3.8, 4) is 0 Å². The number of nitrogens with one attached hydrogen (secondary N) is 1. The van der Waals surface area contributed by atoms with Crippen LogP contribution in [0.4, 0.5) is 0 Å². The van der Waals surface area contributed by atoms with Crippen molar-refractivity contribution in [1.29, 1.82) is 0 Å². The third-order valence-electron chi connectivity index (χ3n) is 10.8. The second-order valence-electron chi connectivity index (χ2n) is 13.7. The fourth-order valence-electron chi connectivity index (χ4n) is 7.92. The van der Waals surface area contributed by atoms with Gasteiger partial charge in [-0.05, 0) is 86.6 Å². The summed E-state index contributed by atoms with van der Waals surface area (Å²) in [7, 11) is 1.38. The van der Waals surface area contributed by atoms with Crippen LogP contribution in [0.1, 0.15) is 76.2 Å². The summed E-state index contributed by atoms with van der Waals surface area (Å²) < 4.78 is 11.5. The number of allylic oxidation sites excluding steroid dienone is 11. The Morgan fingerprint density at radius 3 is 2.47 bits per heavy atom. The molecule has 1 aromatic carbocycles. The predicted molar refractivity (Wildman–Crippen MR) is 199 cm³/mol. The van der Waals surface area contributed by atoms with Crippen LogP contribution >= 0.6 is 0 Å². The zero-order valence-electron chi connectivity index (χ0n) is 30.2. The summed E-state index contributed by atoms with van der Waals surface area (Å²) in [5.41, 5.74) is 13.2. The number of rotatable bonds is 7. The minimum atomic E-state index is -0.507. The highest BCUT2D eigenvalue weighted by molar-refractivity contribution is 6.21. The highest BCUT2D eigenvalue weighted by Gasteiger charge is 2.43. The lowest BCUT2D eigenvalue weighted by molar-refractivity contribution is -0.140. The lowest BCUT2D eigenvalue weighted by atomic mass is 9.86. The molecule has 260 valence electrons. The predicted octanol–water partition coefficient (Wildman–Crippen LogP) is 8.29. The number of nitrogens with zero attached hydrogens (tertiary/aromatic N) is 3. The molecule has 5 heterocycles. The van der Waals surface area contributed by atoms with Gasteiger partial charge in [0.1, 0.15) is 11.5 Å². The standard InChI is InChI=1S/C42H42N4O5/c1-9-25-21(4)30-18-33-26(10-2)22(5)37(45-33)41(51-42(49)27-14-12-11-13-20(27)3)38-23(6)28(15-16-35(48)50-8)39(46-38)29-17-34(47)36-24(7)31(44-40(29)36)19-32(25)43-30/h10-14,18-19,23,28,46-47H,2,9,15-17H2,1,3-8H3/t23-,28-/m0/s1. The number of carbonyl (C=O) groups is 2. The van der Waals surface area contributed by atoms with Crippen LogP contribution in [0.25, 0.3) is 0 Å². The minimum absolute atomic E-state index is 0.182. The zero-order chi connectivity index (χ0) is 36.3. The third kappa shape index (κ3) is 5.52. The highest BCUT2D eigenvalue weighted by atomic mass is 16.5. The Hall–Kier alpha value is -5.57. The van der Waals surface area contributed by atoms with Gasteiger partial charge in [0.2, 0.25) is 0 Å². The normalized spacial score (nSPS) is 22.4. The van der Waals surface area contributed by atoms with Gasteiger partial charge in [0.25, 0.3) is 0 Å². The number of carbonyl (C=O) groups excluding carboxylic acids is 2. The Balaban J connectivity index is 1.52. The van der Waals surface area contributed by atoms with E-state index < -0.39 is 5.97 Å². The molecule has 6 aliphatic rings. The molecule has 5 aliphatic heterocycles. The monoisotopic (exact) mass is 682 g/mol. The van der Waals surface area contributed by atoms with Gasteiger partial charge in [0.05, 0.1) is 46.9 Å². The molecule has 2 N–H and O–H groups in total. The number of aliphatic imine (C=N–C) groups is 3. The quantitative estimate of drug-likeness (QED) is 0.279. The second kappa shape index (κ2) is 13.0. The highest BCUT2D eigenvalue weighted by Crippen LogP contribution is 2.47. The second-order valence-corrected chi connectivity index (χ2v) is 13.7. The van der Waals surface area contributed by atoms with Gasteiger partial charge in [-0.3, -0.25) is 4.79 Å². The number of aliphatic hydroxyl groups excluding tert-OH is 1. The van der Waals surface area contributed by atoms with E-state index in [1.54, 1.807) is 12.1 Å². The summed E-state index contributed by atoms with van der Waals surface area (Å²) in [6.07, 6.45) is 7.44. The van der Waals surface area contributed by atoms with Gasteiger partial charge in [0, 0.05) is 47.1 Å². The molecule has 1 saturated heterocycles. The van der Waals surface area contributed by atoms with Crippen LogP contribution in [0.2, 0.25) is 0 Å². The van der Waals surface area contributed by atoms with E-state index in [0.29, 0.717) is 40.6 Å². The Morgan fingerprint density at radius 1 is 1.00 bits per heavy atom. The number of methoxy groups -OCH3 is 1. The first-order valence-corrected chi connectivity index (χ1v) is 17.4. The van der Waals surface area contributed by atoms with E-state index in [0.717, 1.165) is 73.8 Å². The molecule has 1 aromatic rings. The largest absolute Gasteiger partial charge is 0.511 e. The number of benzene rings is 1. The molecule has 0 aromatic heterocycles. The molecule has 0 saturated carbocycles. The number of ether oxygens (including phenoxy) is 2. The number of fused-ring (bicyclic) bond motifs is 5. The van der Waals surface area contributed by atoms with E-state index in [9.17, 15) is 14.7 Å². The average molecular weight is 683 g/mol. The number of hydrogen-bond acceptors (Lipinski definition) is 9.